The van der Waals surface area contributed by atoms with Gasteiger partial charge in [-0.05, 0) is 60.4 Å². The van der Waals surface area contributed by atoms with Crippen molar-refractivity contribution in [2.45, 2.75) is 51.2 Å². The van der Waals surface area contributed by atoms with Crippen molar-refractivity contribution >= 4 is 17.7 Å². The lowest BCUT2D eigenvalue weighted by molar-refractivity contribution is -0.119. The van der Waals surface area contributed by atoms with Crippen LogP contribution in [-0.2, 0) is 4.79 Å². The Bertz CT molecular complexity index is 789. The Morgan fingerprint density at radius 2 is 2.04 bits per heavy atom. The molecule has 0 fully saturated rings. The van der Waals surface area contributed by atoms with Crippen molar-refractivity contribution in [1.82, 2.24) is 25.5 Å². The smallest absolute Gasteiger partial charge is 0.231 e. The molecule has 6 nitrogen and oxygen atoms in total. The van der Waals surface area contributed by atoms with Crippen LogP contribution in [0.2, 0.25) is 0 Å². The molecule has 25 heavy (non-hydrogen) atoms. The molecule has 7 heteroatoms. The second-order valence-corrected chi connectivity index (χ2v) is 6.85. The molecule has 0 aliphatic rings. The number of benzene rings is 1. The zero-order chi connectivity index (χ0) is 18.4. The van der Waals surface area contributed by atoms with Gasteiger partial charge in [-0.2, -0.15) is 4.68 Å². The molecule has 2 aromatic rings. The van der Waals surface area contributed by atoms with Crippen LogP contribution in [0.1, 0.15) is 37.8 Å². The number of aromatic nitrogens is 4. The first kappa shape index (κ1) is 19.0. The number of nitrogens with zero attached hydrogens (tertiary/aromatic N) is 4. The maximum Gasteiger partial charge on any atom is 0.231 e. The number of amides is 1. The van der Waals surface area contributed by atoms with Crippen LogP contribution in [0.25, 0.3) is 5.69 Å². The van der Waals surface area contributed by atoms with Gasteiger partial charge in [0.05, 0.1) is 11.4 Å². The van der Waals surface area contributed by atoms with Crippen LogP contribution >= 0.6 is 11.8 Å². The second kappa shape index (κ2) is 8.17. The predicted octanol–water partition coefficient (Wildman–Crippen LogP) is 2.68. The monoisotopic (exact) mass is 357 g/mol. The maximum absolute atomic E-state index is 12.3. The normalized spacial score (nSPS) is 11.2. The average molecular weight is 357 g/mol. The maximum atomic E-state index is 12.3. The molecule has 0 spiro atoms. The van der Waals surface area contributed by atoms with Crippen LogP contribution in [-0.4, -0.2) is 37.4 Å². The SMILES string of the molecule is C#CC(CC)(CC)NC(=O)CSc1nnnn1-c1ccc(C)c(C)c1. The minimum atomic E-state index is -0.586. The van der Waals surface area contributed by atoms with Gasteiger partial charge >= 0.3 is 0 Å². The summed E-state index contributed by atoms with van der Waals surface area (Å²) in [7, 11) is 0. The number of hydrogen-bond donors (Lipinski definition) is 1. The second-order valence-electron chi connectivity index (χ2n) is 5.91. The molecular weight excluding hydrogens is 334 g/mol. The zero-order valence-electron chi connectivity index (χ0n) is 15.0. The molecule has 2 rings (SSSR count). The topological polar surface area (TPSA) is 72.7 Å². The molecule has 1 heterocycles. The quantitative estimate of drug-likeness (QED) is 0.609. The highest BCUT2D eigenvalue weighted by Crippen LogP contribution is 2.21. The van der Waals surface area contributed by atoms with E-state index in [1.807, 2.05) is 39.0 Å². The molecule has 0 aliphatic heterocycles. The Kier molecular flexibility index (Phi) is 6.21. The third-order valence-electron chi connectivity index (χ3n) is 4.37. The Labute approximate surface area is 152 Å². The molecule has 1 amide bonds. The summed E-state index contributed by atoms with van der Waals surface area (Å²) in [6.45, 7) is 8.03. The third kappa shape index (κ3) is 4.40. The number of tetrazole rings is 1. The van der Waals surface area contributed by atoms with Crippen molar-refractivity contribution in [3.63, 3.8) is 0 Å². The number of rotatable bonds is 7. The van der Waals surface area contributed by atoms with E-state index in [0.717, 1.165) is 11.3 Å². The molecule has 1 N–H and O–H groups in total. The molecule has 1 aromatic heterocycles. The Morgan fingerprint density at radius 1 is 1.32 bits per heavy atom. The molecule has 0 unspecified atom stereocenters. The summed E-state index contributed by atoms with van der Waals surface area (Å²) < 4.78 is 1.64. The summed E-state index contributed by atoms with van der Waals surface area (Å²) in [6, 6.07) is 6.00. The highest BCUT2D eigenvalue weighted by atomic mass is 32.2. The number of terminal acetylenes is 1. The van der Waals surface area contributed by atoms with E-state index in [1.165, 1.54) is 17.3 Å². The summed E-state index contributed by atoms with van der Waals surface area (Å²) in [4.78, 5) is 12.3. The summed E-state index contributed by atoms with van der Waals surface area (Å²) in [6.07, 6.45) is 6.97. The fourth-order valence-corrected chi connectivity index (χ4v) is 3.08. The largest absolute Gasteiger partial charge is 0.339 e. The predicted molar refractivity (Wildman–Crippen MR) is 99.6 cm³/mol. The molecule has 0 saturated carbocycles. The fourth-order valence-electron chi connectivity index (χ4n) is 2.39. The van der Waals surface area contributed by atoms with Crippen LogP contribution in [0.3, 0.4) is 0 Å². The van der Waals surface area contributed by atoms with Crippen molar-refractivity contribution < 1.29 is 4.79 Å². The standard InChI is InChI=1S/C18H23N5OS/c1-6-18(7-2,8-3)19-16(24)12-25-17-20-21-22-23(17)15-10-9-13(4)14(5)11-15/h1,9-11H,7-8,12H2,2-5H3,(H,19,24). The zero-order valence-corrected chi connectivity index (χ0v) is 15.9. The first-order valence-corrected chi connectivity index (χ1v) is 9.20. The van der Waals surface area contributed by atoms with Gasteiger partial charge in [-0.1, -0.05) is 37.6 Å². The Hall–Kier alpha value is -2.33. The van der Waals surface area contributed by atoms with E-state index in [0.29, 0.717) is 18.0 Å². The van der Waals surface area contributed by atoms with Gasteiger partial charge in [0.15, 0.2) is 0 Å². The molecule has 1 aromatic carbocycles. The number of hydrogen-bond acceptors (Lipinski definition) is 5. The minimum absolute atomic E-state index is 0.124. The average Bonchev–Trinajstić information content (AvgIpc) is 3.09. The van der Waals surface area contributed by atoms with Gasteiger partial charge < -0.3 is 5.32 Å². The summed E-state index contributed by atoms with van der Waals surface area (Å²) >= 11 is 1.29. The number of carbonyl (C=O) groups excluding carboxylic acids is 1. The van der Waals surface area contributed by atoms with Gasteiger partial charge in [0.25, 0.3) is 0 Å². The van der Waals surface area contributed by atoms with Crippen LogP contribution in [0, 0.1) is 26.2 Å². The van der Waals surface area contributed by atoms with Crippen LogP contribution in [0.4, 0.5) is 0 Å². The summed E-state index contributed by atoms with van der Waals surface area (Å²) in [5.41, 5.74) is 2.65. The van der Waals surface area contributed by atoms with E-state index in [-0.39, 0.29) is 11.7 Å². The highest BCUT2D eigenvalue weighted by molar-refractivity contribution is 7.99. The van der Waals surface area contributed by atoms with Gasteiger partial charge in [0.1, 0.15) is 5.54 Å². The van der Waals surface area contributed by atoms with Crippen molar-refractivity contribution in [2.75, 3.05) is 5.75 Å². The van der Waals surface area contributed by atoms with Crippen molar-refractivity contribution in [1.29, 1.82) is 0 Å². The lowest BCUT2D eigenvalue weighted by Crippen LogP contribution is -2.47. The lowest BCUT2D eigenvalue weighted by Gasteiger charge is -2.26. The van der Waals surface area contributed by atoms with Crippen molar-refractivity contribution in [3.8, 4) is 18.0 Å². The van der Waals surface area contributed by atoms with Crippen LogP contribution in [0.15, 0.2) is 23.4 Å². The van der Waals surface area contributed by atoms with Crippen molar-refractivity contribution in [2.24, 2.45) is 0 Å². The van der Waals surface area contributed by atoms with E-state index in [2.05, 4.69) is 33.7 Å². The first-order valence-electron chi connectivity index (χ1n) is 8.22. The molecule has 0 atom stereocenters. The van der Waals surface area contributed by atoms with E-state index in [9.17, 15) is 4.79 Å². The van der Waals surface area contributed by atoms with Gasteiger partial charge in [-0.25, -0.2) is 0 Å². The van der Waals surface area contributed by atoms with Gasteiger partial charge in [-0.15, -0.1) is 11.5 Å². The van der Waals surface area contributed by atoms with E-state index < -0.39 is 5.54 Å². The number of thioether (sulfide) groups is 1. The lowest BCUT2D eigenvalue weighted by atomic mass is 9.94. The molecule has 0 aliphatic carbocycles. The number of carbonyl (C=O) groups is 1. The first-order chi connectivity index (χ1) is 11.9. The third-order valence-corrected chi connectivity index (χ3v) is 5.29. The van der Waals surface area contributed by atoms with Crippen LogP contribution < -0.4 is 5.32 Å². The highest BCUT2D eigenvalue weighted by Gasteiger charge is 2.25. The van der Waals surface area contributed by atoms with E-state index in [4.69, 9.17) is 6.42 Å². The van der Waals surface area contributed by atoms with E-state index in [1.54, 1.807) is 4.68 Å². The molecule has 0 radical (unpaired) electrons. The molecule has 0 saturated heterocycles. The molecule has 0 bridgehead atoms. The van der Waals surface area contributed by atoms with Crippen molar-refractivity contribution in [3.05, 3.63) is 29.3 Å². The Morgan fingerprint density at radius 3 is 2.64 bits per heavy atom. The van der Waals surface area contributed by atoms with Gasteiger partial charge in [-0.3, -0.25) is 4.79 Å². The molecule has 132 valence electrons. The minimum Gasteiger partial charge on any atom is -0.339 e. The van der Waals surface area contributed by atoms with Gasteiger partial charge in [0.2, 0.25) is 11.1 Å². The number of aryl methyl sites for hydroxylation is 2. The molecular formula is C18H23N5OS. The number of nitrogens with one attached hydrogen (secondary N) is 1. The fraction of sp³-hybridized carbons (Fsp3) is 0.444. The summed E-state index contributed by atoms with van der Waals surface area (Å²) in [5.74, 6) is 2.78. The Balaban J connectivity index is 2.08. The van der Waals surface area contributed by atoms with Gasteiger partial charge in [0, 0.05) is 0 Å². The summed E-state index contributed by atoms with van der Waals surface area (Å²) in [5, 5.41) is 15.3. The van der Waals surface area contributed by atoms with Crippen LogP contribution in [0.5, 0.6) is 0 Å². The van der Waals surface area contributed by atoms with E-state index >= 15 is 0 Å².